The van der Waals surface area contributed by atoms with E-state index in [0.717, 1.165) is 23.1 Å². The molecule has 4 rings (SSSR count). The van der Waals surface area contributed by atoms with Crippen LogP contribution in [0.25, 0.3) is 11.1 Å². The fourth-order valence-corrected chi connectivity index (χ4v) is 4.85. The van der Waals surface area contributed by atoms with Crippen molar-refractivity contribution in [1.29, 1.82) is 0 Å². The maximum atomic E-state index is 13.6. The zero-order valence-electron chi connectivity index (χ0n) is 17.9. The normalized spacial score (nSPS) is 20.6. The number of cyclic esters (lactones) is 1. The zero-order valence-corrected chi connectivity index (χ0v) is 17.9. The number of nitrogens with zero attached hydrogens (tertiary/aromatic N) is 1. The second-order valence-electron chi connectivity index (χ2n) is 9.02. The van der Waals surface area contributed by atoms with E-state index in [1.54, 1.807) is 0 Å². The van der Waals surface area contributed by atoms with Crippen LogP contribution in [0.3, 0.4) is 0 Å². The Kier molecular flexibility index (Phi) is 6.21. The molecule has 0 spiro atoms. The molecule has 2 aromatic carbocycles. The first-order chi connectivity index (χ1) is 14.5. The number of hydrogen-bond donors (Lipinski definition) is 0. The van der Waals surface area contributed by atoms with Gasteiger partial charge in [-0.15, -0.1) is 0 Å². The second-order valence-corrected chi connectivity index (χ2v) is 9.02. The number of hydrogen-bond acceptors (Lipinski definition) is 3. The summed E-state index contributed by atoms with van der Waals surface area (Å²) in [5, 5.41) is 0. The van der Waals surface area contributed by atoms with E-state index in [4.69, 9.17) is 4.74 Å². The first kappa shape index (κ1) is 20.6. The topological polar surface area (TPSA) is 46.6 Å². The molecule has 1 aliphatic heterocycles. The van der Waals surface area contributed by atoms with Crippen LogP contribution in [0.1, 0.15) is 57.4 Å². The predicted octanol–water partition coefficient (Wildman–Crippen LogP) is 6.02. The molecule has 2 unspecified atom stereocenters. The van der Waals surface area contributed by atoms with Gasteiger partial charge < -0.3 is 4.74 Å². The molecule has 2 aliphatic rings. The summed E-state index contributed by atoms with van der Waals surface area (Å²) in [5.74, 6) is 0.317. The average Bonchev–Trinajstić information content (AvgIpc) is 3.42. The van der Waals surface area contributed by atoms with E-state index in [9.17, 15) is 9.59 Å². The minimum Gasteiger partial charge on any atom is -0.447 e. The van der Waals surface area contributed by atoms with Crippen molar-refractivity contribution >= 4 is 12.0 Å². The highest BCUT2D eigenvalue weighted by molar-refractivity contribution is 5.97. The van der Waals surface area contributed by atoms with E-state index < -0.39 is 6.09 Å². The van der Waals surface area contributed by atoms with Crippen molar-refractivity contribution in [2.24, 2.45) is 11.8 Å². The molecule has 1 heterocycles. The van der Waals surface area contributed by atoms with Crippen molar-refractivity contribution in [3.8, 4) is 11.1 Å². The first-order valence-electron chi connectivity index (χ1n) is 11.2. The second kappa shape index (κ2) is 9.03. The van der Waals surface area contributed by atoms with Gasteiger partial charge in [0.1, 0.15) is 6.61 Å². The molecule has 0 aromatic heterocycles. The number of carbonyl (C=O) groups is 2. The van der Waals surface area contributed by atoms with Gasteiger partial charge in [0, 0.05) is 0 Å². The van der Waals surface area contributed by atoms with Crippen molar-refractivity contribution in [3.05, 3.63) is 60.2 Å². The van der Waals surface area contributed by atoms with Crippen LogP contribution >= 0.6 is 0 Å². The lowest BCUT2D eigenvalue weighted by Gasteiger charge is -2.28. The van der Waals surface area contributed by atoms with Gasteiger partial charge in [0.2, 0.25) is 5.91 Å². The molecule has 2 fully saturated rings. The minimum atomic E-state index is -0.490. The molecule has 2 atom stereocenters. The predicted molar refractivity (Wildman–Crippen MR) is 118 cm³/mol. The summed E-state index contributed by atoms with van der Waals surface area (Å²) in [5.41, 5.74) is 3.28. The third kappa shape index (κ3) is 4.28. The standard InChI is InChI=1S/C26H31NO3/c1-18(2)24-17-30-26(29)27(24)25(28)23(16-19-8-6-7-9-19)22-14-12-21(13-15-22)20-10-4-3-5-11-20/h3-5,10-15,18-19,23-24H,6-9,16-17H2,1-2H3. The monoisotopic (exact) mass is 405 g/mol. The summed E-state index contributed by atoms with van der Waals surface area (Å²) in [7, 11) is 0. The van der Waals surface area contributed by atoms with Gasteiger partial charge in [0.25, 0.3) is 0 Å². The van der Waals surface area contributed by atoms with Crippen LogP contribution in [0.4, 0.5) is 4.79 Å². The number of carbonyl (C=O) groups excluding carboxylic acids is 2. The molecule has 2 aromatic rings. The van der Waals surface area contributed by atoms with Crippen LogP contribution in [0.2, 0.25) is 0 Å². The lowest BCUT2D eigenvalue weighted by atomic mass is 9.85. The maximum Gasteiger partial charge on any atom is 0.417 e. The van der Waals surface area contributed by atoms with Crippen LogP contribution in [-0.2, 0) is 9.53 Å². The van der Waals surface area contributed by atoms with Crippen molar-refractivity contribution in [2.75, 3.05) is 6.61 Å². The molecule has 158 valence electrons. The Hall–Kier alpha value is -2.62. The summed E-state index contributed by atoms with van der Waals surface area (Å²) < 4.78 is 5.26. The number of imide groups is 1. The van der Waals surface area contributed by atoms with Gasteiger partial charge in [-0.3, -0.25) is 4.79 Å². The number of benzene rings is 2. The van der Waals surface area contributed by atoms with Crippen LogP contribution in [0.5, 0.6) is 0 Å². The quantitative estimate of drug-likeness (QED) is 0.590. The molecule has 30 heavy (non-hydrogen) atoms. The van der Waals surface area contributed by atoms with E-state index in [1.165, 1.54) is 30.6 Å². The highest BCUT2D eigenvalue weighted by Crippen LogP contribution is 2.37. The summed E-state index contributed by atoms with van der Waals surface area (Å²) in [6.45, 7) is 4.37. The van der Waals surface area contributed by atoms with Gasteiger partial charge in [-0.05, 0) is 34.9 Å². The van der Waals surface area contributed by atoms with Gasteiger partial charge in [0.05, 0.1) is 12.0 Å². The number of rotatable bonds is 6. The lowest BCUT2D eigenvalue weighted by molar-refractivity contribution is -0.131. The fraction of sp³-hybridized carbons (Fsp3) is 0.462. The molecule has 4 heteroatoms. The highest BCUT2D eigenvalue weighted by Gasteiger charge is 2.43. The minimum absolute atomic E-state index is 0.101. The van der Waals surface area contributed by atoms with E-state index in [2.05, 4.69) is 36.4 Å². The summed E-state index contributed by atoms with van der Waals surface area (Å²) in [4.78, 5) is 27.5. The third-order valence-corrected chi connectivity index (χ3v) is 6.67. The van der Waals surface area contributed by atoms with Gasteiger partial charge in [-0.25, -0.2) is 9.69 Å². The average molecular weight is 406 g/mol. The maximum absolute atomic E-state index is 13.6. The van der Waals surface area contributed by atoms with Crippen molar-refractivity contribution in [1.82, 2.24) is 4.90 Å². The van der Waals surface area contributed by atoms with Crippen LogP contribution < -0.4 is 0 Å². The molecule has 1 saturated carbocycles. The Morgan fingerprint density at radius 1 is 1.00 bits per heavy atom. The highest BCUT2D eigenvalue weighted by atomic mass is 16.6. The zero-order chi connectivity index (χ0) is 21.1. The van der Waals surface area contributed by atoms with E-state index in [-0.39, 0.29) is 23.8 Å². The van der Waals surface area contributed by atoms with Crippen LogP contribution in [0, 0.1) is 11.8 Å². The number of amides is 2. The molecule has 2 amide bonds. The van der Waals surface area contributed by atoms with Crippen LogP contribution in [-0.4, -0.2) is 29.5 Å². The Balaban J connectivity index is 1.62. The van der Waals surface area contributed by atoms with Crippen LogP contribution in [0.15, 0.2) is 54.6 Å². The van der Waals surface area contributed by atoms with E-state index in [0.29, 0.717) is 12.5 Å². The third-order valence-electron chi connectivity index (χ3n) is 6.67. The Morgan fingerprint density at radius 3 is 2.27 bits per heavy atom. The van der Waals surface area contributed by atoms with Crippen molar-refractivity contribution < 1.29 is 14.3 Å². The molecule has 0 N–H and O–H groups in total. The Labute approximate surface area is 179 Å². The Bertz CT molecular complexity index is 869. The summed E-state index contributed by atoms with van der Waals surface area (Å²) >= 11 is 0. The van der Waals surface area contributed by atoms with Gasteiger partial charge in [-0.2, -0.15) is 0 Å². The lowest BCUT2D eigenvalue weighted by Crippen LogP contribution is -2.44. The van der Waals surface area contributed by atoms with E-state index >= 15 is 0 Å². The van der Waals surface area contributed by atoms with Gasteiger partial charge in [0.15, 0.2) is 0 Å². The molecular formula is C26H31NO3. The molecule has 0 bridgehead atoms. The van der Waals surface area contributed by atoms with Crippen molar-refractivity contribution in [2.45, 2.75) is 57.9 Å². The molecule has 1 aliphatic carbocycles. The molecule has 4 nitrogen and oxygen atoms in total. The smallest absolute Gasteiger partial charge is 0.417 e. The molecule has 1 saturated heterocycles. The molecular weight excluding hydrogens is 374 g/mol. The van der Waals surface area contributed by atoms with Gasteiger partial charge >= 0.3 is 6.09 Å². The SMILES string of the molecule is CC(C)C1COC(=O)N1C(=O)C(CC1CCCC1)c1ccc(-c2ccccc2)cc1. The largest absolute Gasteiger partial charge is 0.447 e. The van der Waals surface area contributed by atoms with E-state index in [1.807, 2.05) is 32.0 Å². The Morgan fingerprint density at radius 2 is 1.63 bits per heavy atom. The van der Waals surface area contributed by atoms with Crippen molar-refractivity contribution in [3.63, 3.8) is 0 Å². The first-order valence-corrected chi connectivity index (χ1v) is 11.2. The molecule has 0 radical (unpaired) electrons. The van der Waals surface area contributed by atoms with Gasteiger partial charge in [-0.1, -0.05) is 94.1 Å². The summed E-state index contributed by atoms with van der Waals surface area (Å²) in [6.07, 6.45) is 5.13. The number of ether oxygens (including phenoxy) is 1. The summed E-state index contributed by atoms with van der Waals surface area (Å²) in [6, 6.07) is 18.4. The fourth-order valence-electron chi connectivity index (χ4n) is 4.85.